The minimum absolute atomic E-state index is 0.101. The van der Waals surface area contributed by atoms with Crippen molar-refractivity contribution in [2.75, 3.05) is 35.5 Å². The fourth-order valence-corrected chi connectivity index (χ4v) is 2.98. The maximum Gasteiger partial charge on any atom is 0.361 e. The number of hydrogen-bond donors (Lipinski definition) is 1. The summed E-state index contributed by atoms with van der Waals surface area (Å²) in [5, 5.41) is 10.1. The number of methoxy groups -OCH3 is 5. The minimum atomic E-state index is -1.97. The van der Waals surface area contributed by atoms with Gasteiger partial charge in [-0.25, -0.2) is 4.79 Å². The van der Waals surface area contributed by atoms with Crippen LogP contribution in [-0.4, -0.2) is 52.4 Å². The van der Waals surface area contributed by atoms with Crippen molar-refractivity contribution in [3.05, 3.63) is 53.1 Å². The van der Waals surface area contributed by atoms with Gasteiger partial charge in [-0.15, -0.1) is 0 Å². The van der Waals surface area contributed by atoms with Crippen LogP contribution in [0.2, 0.25) is 0 Å². The van der Waals surface area contributed by atoms with Gasteiger partial charge in [0.05, 0.1) is 26.9 Å². The highest BCUT2D eigenvalue weighted by atomic mass is 16.9. The molecule has 0 spiro atoms. The molecular weight excluding hydrogens is 420 g/mol. The molecular formula is C23H26O9. The Morgan fingerprint density at radius 2 is 1.41 bits per heavy atom. The number of carbonyl (C=O) groups is 2. The Morgan fingerprint density at radius 3 is 1.88 bits per heavy atom. The number of phenols is 1. The van der Waals surface area contributed by atoms with E-state index in [0.29, 0.717) is 11.3 Å². The molecule has 1 N–H and O–H groups in total. The predicted molar refractivity (Wildman–Crippen MR) is 115 cm³/mol. The SMILES string of the molecule is COc1ccccc1C(OC)(OC)OC(=O)/C(=C/c1cc(OC)c(O)c(OC)c1)C(C)=O. The van der Waals surface area contributed by atoms with Crippen LogP contribution in [0.15, 0.2) is 42.0 Å². The molecule has 0 radical (unpaired) electrons. The fourth-order valence-electron chi connectivity index (χ4n) is 2.98. The van der Waals surface area contributed by atoms with E-state index >= 15 is 0 Å². The highest BCUT2D eigenvalue weighted by molar-refractivity contribution is 6.19. The van der Waals surface area contributed by atoms with Crippen molar-refractivity contribution in [1.82, 2.24) is 0 Å². The summed E-state index contributed by atoms with van der Waals surface area (Å²) >= 11 is 0. The molecule has 2 aromatic carbocycles. The molecule has 2 aromatic rings. The van der Waals surface area contributed by atoms with Crippen LogP contribution in [0.25, 0.3) is 6.08 Å². The Hall–Kier alpha value is -3.56. The molecule has 9 heteroatoms. The molecule has 0 bridgehead atoms. The zero-order valence-corrected chi connectivity index (χ0v) is 18.8. The number of rotatable bonds is 10. The van der Waals surface area contributed by atoms with Crippen molar-refractivity contribution in [3.8, 4) is 23.0 Å². The quantitative estimate of drug-likeness (QED) is 0.194. The first-order valence-corrected chi connectivity index (χ1v) is 9.41. The number of hydrogen-bond acceptors (Lipinski definition) is 9. The average Bonchev–Trinajstić information content (AvgIpc) is 2.81. The van der Waals surface area contributed by atoms with Gasteiger partial charge in [-0.1, -0.05) is 12.1 Å². The second-order valence-corrected chi connectivity index (χ2v) is 6.44. The summed E-state index contributed by atoms with van der Waals surface area (Å²) in [6.07, 6.45) is 1.29. The lowest BCUT2D eigenvalue weighted by Crippen LogP contribution is -2.38. The summed E-state index contributed by atoms with van der Waals surface area (Å²) in [5.41, 5.74) is 0.348. The zero-order valence-electron chi connectivity index (χ0n) is 18.8. The predicted octanol–water partition coefficient (Wildman–Crippen LogP) is 3.04. The van der Waals surface area contributed by atoms with E-state index in [9.17, 15) is 14.7 Å². The third-order valence-electron chi connectivity index (χ3n) is 4.61. The number of aromatic hydroxyl groups is 1. The number of para-hydroxylation sites is 1. The van der Waals surface area contributed by atoms with E-state index in [-0.39, 0.29) is 28.4 Å². The lowest BCUT2D eigenvalue weighted by Gasteiger charge is -2.31. The van der Waals surface area contributed by atoms with E-state index in [1.807, 2.05) is 0 Å². The molecule has 2 rings (SSSR count). The minimum Gasteiger partial charge on any atom is -0.502 e. The van der Waals surface area contributed by atoms with Gasteiger partial charge in [-0.2, -0.15) is 0 Å². The van der Waals surface area contributed by atoms with Crippen LogP contribution < -0.4 is 14.2 Å². The summed E-state index contributed by atoms with van der Waals surface area (Å²) in [5.74, 6) is -3.20. The van der Waals surface area contributed by atoms with Crippen LogP contribution in [-0.2, 0) is 29.8 Å². The number of esters is 1. The number of ether oxygens (including phenoxy) is 6. The molecule has 0 atom stereocenters. The van der Waals surface area contributed by atoms with Gasteiger partial charge in [0.1, 0.15) is 11.3 Å². The monoisotopic (exact) mass is 446 g/mol. The third-order valence-corrected chi connectivity index (χ3v) is 4.61. The van der Waals surface area contributed by atoms with E-state index in [1.54, 1.807) is 24.3 Å². The van der Waals surface area contributed by atoms with Crippen LogP contribution >= 0.6 is 0 Å². The Labute approximate surface area is 186 Å². The molecule has 0 aromatic heterocycles. The summed E-state index contributed by atoms with van der Waals surface area (Å²) in [4.78, 5) is 25.3. The van der Waals surface area contributed by atoms with Crippen molar-refractivity contribution >= 4 is 17.8 Å². The molecule has 0 aliphatic carbocycles. The van der Waals surface area contributed by atoms with E-state index in [0.717, 1.165) is 0 Å². The van der Waals surface area contributed by atoms with Crippen LogP contribution in [0.4, 0.5) is 0 Å². The largest absolute Gasteiger partial charge is 0.502 e. The average molecular weight is 446 g/mol. The summed E-state index contributed by atoms with van der Waals surface area (Å²) in [7, 11) is 6.75. The number of phenolic OH excluding ortho intramolecular Hbond substituents is 1. The number of benzene rings is 2. The Kier molecular flexibility index (Phi) is 8.22. The van der Waals surface area contributed by atoms with Gasteiger partial charge in [0.2, 0.25) is 5.75 Å². The third kappa shape index (κ3) is 5.01. The van der Waals surface area contributed by atoms with Gasteiger partial charge in [0.15, 0.2) is 17.3 Å². The van der Waals surface area contributed by atoms with E-state index < -0.39 is 17.7 Å². The highest BCUT2D eigenvalue weighted by Gasteiger charge is 2.41. The summed E-state index contributed by atoms with van der Waals surface area (Å²) < 4.78 is 31.9. The smallest absolute Gasteiger partial charge is 0.361 e. The zero-order chi connectivity index (χ0) is 23.9. The molecule has 0 amide bonds. The van der Waals surface area contributed by atoms with Crippen LogP contribution in [0.3, 0.4) is 0 Å². The van der Waals surface area contributed by atoms with Gasteiger partial charge in [-0.05, 0) is 42.8 Å². The van der Waals surface area contributed by atoms with Gasteiger partial charge >= 0.3 is 11.9 Å². The maximum atomic E-state index is 13.0. The Morgan fingerprint density at radius 1 is 0.875 bits per heavy atom. The molecule has 0 saturated heterocycles. The second-order valence-electron chi connectivity index (χ2n) is 6.44. The molecule has 0 aliphatic heterocycles. The Balaban J connectivity index is 2.53. The van der Waals surface area contributed by atoms with Crippen LogP contribution in [0, 0.1) is 0 Å². The number of carbonyl (C=O) groups excluding carboxylic acids is 2. The number of ketones is 1. The molecule has 172 valence electrons. The number of Topliss-reactive ketones (excluding diaryl/α,β-unsaturated/α-hetero) is 1. The first-order chi connectivity index (χ1) is 15.3. The van der Waals surface area contributed by atoms with Crippen LogP contribution in [0.5, 0.6) is 23.0 Å². The molecule has 0 unspecified atom stereocenters. The van der Waals surface area contributed by atoms with Crippen molar-refractivity contribution in [1.29, 1.82) is 0 Å². The lowest BCUT2D eigenvalue weighted by molar-refractivity contribution is -0.354. The van der Waals surface area contributed by atoms with Gasteiger partial charge in [-0.3, -0.25) is 4.79 Å². The van der Waals surface area contributed by atoms with E-state index in [2.05, 4.69) is 0 Å². The van der Waals surface area contributed by atoms with Crippen LogP contribution in [0.1, 0.15) is 18.1 Å². The fraction of sp³-hybridized carbons (Fsp3) is 0.304. The van der Waals surface area contributed by atoms with E-state index in [1.165, 1.54) is 60.7 Å². The molecule has 0 saturated carbocycles. The van der Waals surface area contributed by atoms with Crippen molar-refractivity contribution in [2.24, 2.45) is 0 Å². The highest BCUT2D eigenvalue weighted by Crippen LogP contribution is 2.38. The summed E-state index contributed by atoms with van der Waals surface area (Å²) in [6.45, 7) is 1.21. The standard InChI is InChI=1S/C23H26O9/c1-14(24)16(11-15-12-19(28-3)21(25)20(13-15)29-4)22(26)32-23(30-5,31-6)17-9-7-8-10-18(17)27-2/h7-13,25H,1-6H3/b16-11+. The second kappa shape index (κ2) is 10.7. The molecule has 0 heterocycles. The molecule has 0 fully saturated rings. The van der Waals surface area contributed by atoms with Crippen molar-refractivity contribution in [2.45, 2.75) is 12.9 Å². The van der Waals surface area contributed by atoms with Gasteiger partial charge in [0.25, 0.3) is 0 Å². The van der Waals surface area contributed by atoms with Gasteiger partial charge < -0.3 is 33.5 Å². The molecule has 0 aliphatic rings. The Bertz CT molecular complexity index is 981. The molecule has 9 nitrogen and oxygen atoms in total. The molecule has 32 heavy (non-hydrogen) atoms. The maximum absolute atomic E-state index is 13.0. The lowest BCUT2D eigenvalue weighted by atomic mass is 10.1. The van der Waals surface area contributed by atoms with Crippen molar-refractivity contribution < 1.29 is 43.1 Å². The first kappa shape index (κ1) is 24.7. The van der Waals surface area contributed by atoms with Crippen molar-refractivity contribution in [3.63, 3.8) is 0 Å². The first-order valence-electron chi connectivity index (χ1n) is 9.41. The van der Waals surface area contributed by atoms with Gasteiger partial charge in [0, 0.05) is 14.2 Å². The summed E-state index contributed by atoms with van der Waals surface area (Å²) in [6, 6.07) is 9.54. The normalized spacial score (nSPS) is 11.6. The topological polar surface area (TPSA) is 110 Å². The van der Waals surface area contributed by atoms with E-state index in [4.69, 9.17) is 28.4 Å².